The van der Waals surface area contributed by atoms with Crippen LogP contribution in [0.2, 0.25) is 0 Å². The molecule has 1 fully saturated rings. The van der Waals surface area contributed by atoms with Gasteiger partial charge in [-0.25, -0.2) is 9.59 Å². The normalized spacial score (nSPS) is 16.0. The van der Waals surface area contributed by atoms with Gasteiger partial charge in [-0.2, -0.15) is 18.3 Å². The maximum atomic E-state index is 13.1. The number of alkyl halides is 3. The fraction of sp³-hybridized carbons (Fsp3) is 0.469. The van der Waals surface area contributed by atoms with Crippen LogP contribution in [0.4, 0.5) is 18.0 Å². The van der Waals surface area contributed by atoms with Crippen molar-refractivity contribution < 1.29 is 23.1 Å². The highest BCUT2D eigenvalue weighted by Crippen LogP contribution is 2.34. The number of para-hydroxylation sites is 2. The largest absolute Gasteiger partial charge is 0.465 e. The van der Waals surface area contributed by atoms with Crippen LogP contribution in [0.15, 0.2) is 53.3 Å². The molecule has 0 radical (unpaired) electrons. The van der Waals surface area contributed by atoms with E-state index in [1.807, 2.05) is 47.5 Å². The molecule has 242 valence electrons. The van der Waals surface area contributed by atoms with Crippen LogP contribution >= 0.6 is 0 Å². The van der Waals surface area contributed by atoms with E-state index >= 15 is 0 Å². The Morgan fingerprint density at radius 3 is 2.29 bits per heavy atom. The molecule has 2 aliphatic heterocycles. The number of likely N-dealkylation sites (tertiary alicyclic amines) is 1. The number of aryl methyl sites for hydroxylation is 2. The number of nitrogens with zero attached hydrogens (tertiary/aromatic N) is 6. The average molecular weight is 628 g/mol. The molecule has 2 aromatic heterocycles. The lowest BCUT2D eigenvalue weighted by molar-refractivity contribution is -0.137. The maximum Gasteiger partial charge on any atom is 0.416 e. The molecule has 6 rings (SSSR count). The molecule has 4 heterocycles. The molecule has 1 amide bonds. The van der Waals surface area contributed by atoms with E-state index in [9.17, 15) is 27.9 Å². The van der Waals surface area contributed by atoms with E-state index in [4.69, 9.17) is 10.8 Å². The summed E-state index contributed by atoms with van der Waals surface area (Å²) in [6, 6.07) is 12.9. The Hall–Kier alpha value is -4.10. The van der Waals surface area contributed by atoms with E-state index in [1.165, 1.54) is 17.0 Å². The van der Waals surface area contributed by atoms with Crippen LogP contribution in [0.25, 0.3) is 22.3 Å². The lowest BCUT2D eigenvalue weighted by atomic mass is 10.00. The van der Waals surface area contributed by atoms with Crippen molar-refractivity contribution in [2.45, 2.75) is 57.9 Å². The average Bonchev–Trinajstić information content (AvgIpc) is 3.51. The highest BCUT2D eigenvalue weighted by Gasteiger charge is 2.32. The number of halogens is 3. The molecule has 0 atom stereocenters. The molecule has 4 aromatic rings. The van der Waals surface area contributed by atoms with Crippen LogP contribution < -0.4 is 11.4 Å². The van der Waals surface area contributed by atoms with Crippen molar-refractivity contribution in [3.8, 4) is 11.3 Å². The summed E-state index contributed by atoms with van der Waals surface area (Å²) in [6.45, 7) is 6.38. The number of carboxylic acid groups (broad SMARTS) is 1. The second-order valence-electron chi connectivity index (χ2n) is 11.6. The van der Waals surface area contributed by atoms with Crippen molar-refractivity contribution in [3.63, 3.8) is 0 Å². The second kappa shape index (κ2) is 13.5. The fourth-order valence-corrected chi connectivity index (χ4v) is 6.41. The topological polar surface area (TPSA) is 115 Å². The predicted molar refractivity (Wildman–Crippen MR) is 166 cm³/mol. The first-order chi connectivity index (χ1) is 21.5. The van der Waals surface area contributed by atoms with Crippen molar-refractivity contribution in [1.29, 1.82) is 0 Å². The highest BCUT2D eigenvalue weighted by atomic mass is 19.4. The van der Waals surface area contributed by atoms with E-state index in [-0.39, 0.29) is 18.3 Å². The summed E-state index contributed by atoms with van der Waals surface area (Å²) >= 11 is 0. The van der Waals surface area contributed by atoms with Gasteiger partial charge >= 0.3 is 18.0 Å². The third-order valence-corrected chi connectivity index (χ3v) is 8.65. The summed E-state index contributed by atoms with van der Waals surface area (Å²) in [5.41, 5.74) is 8.80. The fourth-order valence-electron chi connectivity index (χ4n) is 6.41. The van der Waals surface area contributed by atoms with Crippen LogP contribution in [0.5, 0.6) is 0 Å². The molecule has 0 spiro atoms. The van der Waals surface area contributed by atoms with E-state index in [1.54, 1.807) is 4.57 Å². The molecule has 0 unspecified atom stereocenters. The first-order valence-electron chi connectivity index (χ1n) is 15.4. The summed E-state index contributed by atoms with van der Waals surface area (Å²) in [5.74, 6) is 0. The van der Waals surface area contributed by atoms with Gasteiger partial charge in [-0.05, 0) is 56.6 Å². The van der Waals surface area contributed by atoms with Gasteiger partial charge in [0, 0.05) is 62.5 Å². The predicted octanol–water partition coefficient (Wildman–Crippen LogP) is 4.95. The number of rotatable bonds is 6. The number of hydrogen-bond donors (Lipinski definition) is 2. The molecule has 2 aromatic carbocycles. The van der Waals surface area contributed by atoms with E-state index < -0.39 is 17.8 Å². The zero-order valence-corrected chi connectivity index (χ0v) is 25.6. The Labute approximate surface area is 259 Å². The van der Waals surface area contributed by atoms with Crippen LogP contribution in [-0.4, -0.2) is 72.6 Å². The van der Waals surface area contributed by atoms with E-state index in [0.29, 0.717) is 30.8 Å². The SMILES string of the molecule is CCN.Cn1c(=O)n(C2CCN(CCCn3nc(-c4ccc(C(F)(F)F)cc4)c4c3CCN(C(=O)O)C4)CC2)c2ccccc21. The molecule has 3 N–H and O–H groups in total. The molecule has 1 saturated heterocycles. The first kappa shape index (κ1) is 32.3. The third-order valence-electron chi connectivity index (χ3n) is 8.65. The Morgan fingerprint density at radius 2 is 1.67 bits per heavy atom. The van der Waals surface area contributed by atoms with Crippen molar-refractivity contribution in [2.24, 2.45) is 12.8 Å². The van der Waals surface area contributed by atoms with Gasteiger partial charge in [0.15, 0.2) is 0 Å². The Balaban J connectivity index is 0.00000128. The van der Waals surface area contributed by atoms with Gasteiger partial charge in [0.1, 0.15) is 0 Å². The number of benzene rings is 2. The number of hydrogen-bond acceptors (Lipinski definition) is 5. The number of piperidine rings is 1. The van der Waals surface area contributed by atoms with Gasteiger partial charge < -0.3 is 20.6 Å². The zero-order valence-electron chi connectivity index (χ0n) is 25.6. The molecule has 13 heteroatoms. The smallest absolute Gasteiger partial charge is 0.416 e. The summed E-state index contributed by atoms with van der Waals surface area (Å²) in [6.07, 6.45) is -2.37. The number of carbonyl (C=O) groups is 1. The maximum absolute atomic E-state index is 13.1. The summed E-state index contributed by atoms with van der Waals surface area (Å²) in [7, 11) is 1.81. The monoisotopic (exact) mass is 627 g/mol. The van der Waals surface area contributed by atoms with E-state index in [2.05, 4.69) is 4.90 Å². The van der Waals surface area contributed by atoms with Gasteiger partial charge in [0.2, 0.25) is 0 Å². The second-order valence-corrected chi connectivity index (χ2v) is 11.6. The third kappa shape index (κ3) is 6.79. The molecular weight excluding hydrogens is 587 g/mol. The van der Waals surface area contributed by atoms with Crippen molar-refractivity contribution in [2.75, 3.05) is 32.7 Å². The molecule has 10 nitrogen and oxygen atoms in total. The van der Waals surface area contributed by atoms with Crippen LogP contribution in [0, 0.1) is 0 Å². The lowest BCUT2D eigenvalue weighted by Gasteiger charge is -2.32. The van der Waals surface area contributed by atoms with Crippen LogP contribution in [-0.2, 0) is 32.7 Å². The van der Waals surface area contributed by atoms with Gasteiger partial charge in [-0.15, -0.1) is 0 Å². The summed E-state index contributed by atoms with van der Waals surface area (Å²) in [4.78, 5) is 28.3. The Morgan fingerprint density at radius 1 is 1.02 bits per heavy atom. The highest BCUT2D eigenvalue weighted by molar-refractivity contribution is 5.76. The van der Waals surface area contributed by atoms with Gasteiger partial charge in [-0.1, -0.05) is 31.2 Å². The number of nitrogens with two attached hydrogens (primary N) is 1. The van der Waals surface area contributed by atoms with Crippen LogP contribution in [0.1, 0.15) is 49.0 Å². The van der Waals surface area contributed by atoms with E-state index in [0.717, 1.165) is 79.9 Å². The number of aromatic nitrogens is 4. The molecule has 0 aliphatic carbocycles. The van der Waals surface area contributed by atoms with Gasteiger partial charge in [-0.3, -0.25) is 13.8 Å². The molecule has 45 heavy (non-hydrogen) atoms. The molecular formula is C32H40F3N7O3. The van der Waals surface area contributed by atoms with Crippen molar-refractivity contribution >= 4 is 17.1 Å². The quantitative estimate of drug-likeness (QED) is 0.313. The standard InChI is InChI=1S/C30H33F3N6O3.C2H7N/c1-35-25-5-2-3-6-26(25)39(28(35)40)22-11-16-36(17-12-22)14-4-15-38-24-13-18-37(29(41)42)19-23(24)27(34-38)20-7-9-21(10-8-20)30(31,32)33;1-2-3/h2-3,5-10,22H,4,11-19H2,1H3,(H,41,42);2-3H2,1H3. The zero-order chi connectivity index (χ0) is 32.3. The Kier molecular flexibility index (Phi) is 9.68. The van der Waals surface area contributed by atoms with Crippen molar-refractivity contribution in [3.05, 3.63) is 75.8 Å². The lowest BCUT2D eigenvalue weighted by Crippen LogP contribution is -2.38. The number of imidazole rings is 1. The number of amides is 1. The van der Waals surface area contributed by atoms with Gasteiger partial charge in [0.25, 0.3) is 0 Å². The minimum Gasteiger partial charge on any atom is -0.465 e. The minimum atomic E-state index is -4.43. The molecule has 0 saturated carbocycles. The van der Waals surface area contributed by atoms with Gasteiger partial charge in [0.05, 0.1) is 28.8 Å². The molecule has 2 aliphatic rings. The first-order valence-corrected chi connectivity index (χ1v) is 15.4. The minimum absolute atomic E-state index is 0.0171. The Bertz CT molecular complexity index is 1680. The summed E-state index contributed by atoms with van der Waals surface area (Å²) < 4.78 is 44.9. The van der Waals surface area contributed by atoms with Crippen molar-refractivity contribution in [1.82, 2.24) is 28.7 Å². The van der Waals surface area contributed by atoms with Crippen LogP contribution in [0.3, 0.4) is 0 Å². The summed E-state index contributed by atoms with van der Waals surface area (Å²) in [5, 5.41) is 14.3. The molecule has 0 bridgehead atoms. The number of fused-ring (bicyclic) bond motifs is 2.